The normalized spacial score (nSPS) is 12.3. The maximum atomic E-state index is 12.8. The zero-order chi connectivity index (χ0) is 20.7. The lowest BCUT2D eigenvalue weighted by Crippen LogP contribution is -2.03. The third kappa shape index (κ3) is 5.59. The van der Waals surface area contributed by atoms with Gasteiger partial charge in [0.1, 0.15) is 11.5 Å². The summed E-state index contributed by atoms with van der Waals surface area (Å²) in [6, 6.07) is 13.8. The highest BCUT2D eigenvalue weighted by atomic mass is 16.5. The molecule has 1 atom stereocenters. The molecule has 0 saturated heterocycles. The van der Waals surface area contributed by atoms with Crippen molar-refractivity contribution in [3.05, 3.63) is 82.5 Å². The molecule has 0 spiro atoms. The van der Waals surface area contributed by atoms with Crippen LogP contribution in [0.5, 0.6) is 11.5 Å². The maximum absolute atomic E-state index is 12.8. The smallest absolute Gasteiger partial charge is 0.189 e. The van der Waals surface area contributed by atoms with E-state index in [2.05, 4.69) is 51.1 Å². The Hall–Kier alpha value is -2.81. The second-order valence-corrected chi connectivity index (χ2v) is 7.27. The molecule has 0 radical (unpaired) electrons. The Balaban J connectivity index is 2.24. The zero-order valence-electron chi connectivity index (χ0n) is 17.7. The van der Waals surface area contributed by atoms with Crippen molar-refractivity contribution in [1.29, 1.82) is 0 Å². The molecule has 1 unspecified atom stereocenters. The van der Waals surface area contributed by atoms with Crippen LogP contribution < -0.4 is 9.47 Å². The third-order valence-electron chi connectivity index (χ3n) is 4.91. The first-order chi connectivity index (χ1) is 13.3. The van der Waals surface area contributed by atoms with Crippen molar-refractivity contribution in [2.75, 3.05) is 14.2 Å². The van der Waals surface area contributed by atoms with Gasteiger partial charge in [-0.3, -0.25) is 4.79 Å². The molecule has 3 nitrogen and oxygen atoms in total. The minimum atomic E-state index is -0.0652. The van der Waals surface area contributed by atoms with Gasteiger partial charge >= 0.3 is 0 Å². The molecule has 3 heteroatoms. The van der Waals surface area contributed by atoms with Gasteiger partial charge in [-0.25, -0.2) is 0 Å². The zero-order valence-corrected chi connectivity index (χ0v) is 17.7. The van der Waals surface area contributed by atoms with Crippen LogP contribution in [0.4, 0.5) is 0 Å². The molecular weight excluding hydrogens is 348 g/mol. The van der Waals surface area contributed by atoms with Crippen LogP contribution in [0.1, 0.15) is 55.1 Å². The van der Waals surface area contributed by atoms with E-state index in [4.69, 9.17) is 9.47 Å². The number of hydrogen-bond donors (Lipinski definition) is 0. The predicted molar refractivity (Wildman–Crippen MR) is 116 cm³/mol. The van der Waals surface area contributed by atoms with Crippen molar-refractivity contribution in [3.8, 4) is 11.5 Å². The van der Waals surface area contributed by atoms with E-state index in [1.807, 2.05) is 6.92 Å². The maximum Gasteiger partial charge on any atom is 0.189 e. The van der Waals surface area contributed by atoms with Crippen LogP contribution in [-0.2, 0) is 6.42 Å². The SMILES string of the molecule is COc1ccc(C(=O)C=C(C)C(C)c2cccc(CC=C(C)C)c2)c(OC)c1. The molecule has 2 aromatic rings. The van der Waals surface area contributed by atoms with Gasteiger partial charge in [-0.2, -0.15) is 0 Å². The summed E-state index contributed by atoms with van der Waals surface area (Å²) in [6.45, 7) is 8.35. The van der Waals surface area contributed by atoms with Crippen LogP contribution in [0.25, 0.3) is 0 Å². The number of allylic oxidation sites excluding steroid dienone is 4. The number of carbonyl (C=O) groups is 1. The Morgan fingerprint density at radius 2 is 1.79 bits per heavy atom. The lowest BCUT2D eigenvalue weighted by atomic mass is 9.91. The summed E-state index contributed by atoms with van der Waals surface area (Å²) in [5.41, 5.74) is 5.35. The predicted octanol–water partition coefficient (Wildman–Crippen LogP) is 6.15. The lowest BCUT2D eigenvalue weighted by Gasteiger charge is -2.14. The fraction of sp³-hybridized carbons (Fsp3) is 0.320. The molecule has 148 valence electrons. The highest BCUT2D eigenvalue weighted by molar-refractivity contribution is 6.07. The van der Waals surface area contributed by atoms with Gasteiger partial charge in [0.15, 0.2) is 5.78 Å². The van der Waals surface area contributed by atoms with Gasteiger partial charge in [-0.05, 0) is 56.5 Å². The highest BCUT2D eigenvalue weighted by Gasteiger charge is 2.14. The van der Waals surface area contributed by atoms with E-state index in [1.165, 1.54) is 16.7 Å². The summed E-state index contributed by atoms with van der Waals surface area (Å²) in [5, 5.41) is 0. The standard InChI is InChI=1S/C25H30O3/c1-17(2)10-11-20-8-7-9-21(15-20)19(4)18(3)14-24(26)23-13-12-22(27-5)16-25(23)28-6/h7-10,12-16,19H,11H2,1-6H3. The molecular formula is C25H30O3. The van der Waals surface area contributed by atoms with Crippen LogP contribution in [0, 0.1) is 0 Å². The first-order valence-corrected chi connectivity index (χ1v) is 9.52. The minimum absolute atomic E-state index is 0.0652. The highest BCUT2D eigenvalue weighted by Crippen LogP contribution is 2.28. The van der Waals surface area contributed by atoms with Crippen LogP contribution in [0.2, 0.25) is 0 Å². The van der Waals surface area contributed by atoms with Crippen LogP contribution >= 0.6 is 0 Å². The van der Waals surface area contributed by atoms with Crippen molar-refractivity contribution in [2.45, 2.75) is 40.0 Å². The number of hydrogen-bond acceptors (Lipinski definition) is 3. The molecule has 0 aliphatic carbocycles. The van der Waals surface area contributed by atoms with Crippen LogP contribution in [-0.4, -0.2) is 20.0 Å². The summed E-state index contributed by atoms with van der Waals surface area (Å²) in [7, 11) is 3.15. The molecule has 0 aliphatic heterocycles. The van der Waals surface area contributed by atoms with Crippen molar-refractivity contribution >= 4 is 5.78 Å². The number of carbonyl (C=O) groups excluding carboxylic acids is 1. The van der Waals surface area contributed by atoms with Gasteiger partial charge in [0.05, 0.1) is 19.8 Å². The molecule has 0 fully saturated rings. The summed E-state index contributed by atoms with van der Waals surface area (Å²) in [4.78, 5) is 12.8. The Bertz CT molecular complexity index is 886. The molecule has 0 heterocycles. The fourth-order valence-corrected chi connectivity index (χ4v) is 2.99. The van der Waals surface area contributed by atoms with E-state index in [9.17, 15) is 4.79 Å². The van der Waals surface area contributed by atoms with E-state index in [0.717, 1.165) is 12.0 Å². The molecule has 0 N–H and O–H groups in total. The second-order valence-electron chi connectivity index (χ2n) is 7.27. The summed E-state index contributed by atoms with van der Waals surface area (Å²) >= 11 is 0. The minimum Gasteiger partial charge on any atom is -0.497 e. The van der Waals surface area contributed by atoms with Gasteiger partial charge in [-0.15, -0.1) is 0 Å². The molecule has 28 heavy (non-hydrogen) atoms. The first kappa shape index (κ1) is 21.5. The second kappa shape index (κ2) is 9.93. The fourth-order valence-electron chi connectivity index (χ4n) is 2.99. The Labute approximate surface area is 168 Å². The van der Waals surface area contributed by atoms with Gasteiger partial charge in [-0.1, -0.05) is 48.4 Å². The van der Waals surface area contributed by atoms with E-state index >= 15 is 0 Å². The third-order valence-corrected chi connectivity index (χ3v) is 4.91. The molecule has 0 aromatic heterocycles. The van der Waals surface area contributed by atoms with Gasteiger partial charge < -0.3 is 9.47 Å². The summed E-state index contributed by atoms with van der Waals surface area (Å²) < 4.78 is 10.6. The van der Waals surface area contributed by atoms with E-state index < -0.39 is 0 Å². The van der Waals surface area contributed by atoms with E-state index in [-0.39, 0.29) is 11.7 Å². The van der Waals surface area contributed by atoms with Crippen molar-refractivity contribution in [3.63, 3.8) is 0 Å². The topological polar surface area (TPSA) is 35.5 Å². The lowest BCUT2D eigenvalue weighted by molar-refractivity contribution is 0.104. The van der Waals surface area contributed by atoms with Crippen molar-refractivity contribution in [2.24, 2.45) is 0 Å². The number of rotatable bonds is 8. The van der Waals surface area contributed by atoms with E-state index in [1.54, 1.807) is 38.5 Å². The number of methoxy groups -OCH3 is 2. The largest absolute Gasteiger partial charge is 0.497 e. The number of ketones is 1. The summed E-state index contributed by atoms with van der Waals surface area (Å²) in [6.07, 6.45) is 4.86. The molecule has 2 rings (SSSR count). The van der Waals surface area contributed by atoms with Crippen LogP contribution in [0.15, 0.2) is 65.8 Å². The van der Waals surface area contributed by atoms with Gasteiger partial charge in [0.2, 0.25) is 0 Å². The average molecular weight is 379 g/mol. The van der Waals surface area contributed by atoms with E-state index in [0.29, 0.717) is 17.1 Å². The quantitative estimate of drug-likeness (QED) is 0.314. The molecule has 0 saturated carbocycles. The number of ether oxygens (including phenoxy) is 2. The Kier molecular flexibility index (Phi) is 7.62. The van der Waals surface area contributed by atoms with Crippen molar-refractivity contribution < 1.29 is 14.3 Å². The molecule has 2 aromatic carbocycles. The first-order valence-electron chi connectivity index (χ1n) is 9.52. The molecule has 0 aliphatic rings. The summed E-state index contributed by atoms with van der Waals surface area (Å²) in [5.74, 6) is 1.27. The molecule has 0 bridgehead atoms. The number of benzene rings is 2. The van der Waals surface area contributed by atoms with Crippen LogP contribution in [0.3, 0.4) is 0 Å². The Morgan fingerprint density at radius 3 is 2.43 bits per heavy atom. The monoisotopic (exact) mass is 378 g/mol. The van der Waals surface area contributed by atoms with Crippen molar-refractivity contribution in [1.82, 2.24) is 0 Å². The Morgan fingerprint density at radius 1 is 1.04 bits per heavy atom. The molecule has 0 amide bonds. The average Bonchev–Trinajstić information content (AvgIpc) is 2.71. The van der Waals surface area contributed by atoms with Gasteiger partial charge in [0, 0.05) is 12.0 Å². The van der Waals surface area contributed by atoms with Gasteiger partial charge in [0.25, 0.3) is 0 Å².